The van der Waals surface area contributed by atoms with E-state index in [1.54, 1.807) is 0 Å². The molecule has 0 saturated carbocycles. The highest BCUT2D eigenvalue weighted by Gasteiger charge is 2.38. The van der Waals surface area contributed by atoms with E-state index >= 15 is 0 Å². The SMILES string of the molecule is CC(C)[C@@H]1COCCCCOC[C@@H](N)C(=O)N1.O=C(O)C(F)(F)F. The number of amides is 1. The molecule has 0 radical (unpaired) electrons. The van der Waals surface area contributed by atoms with Gasteiger partial charge in [0, 0.05) is 13.2 Å². The molecule has 4 N–H and O–H groups in total. The Morgan fingerprint density at radius 3 is 2.12 bits per heavy atom. The molecule has 0 spiro atoms. The lowest BCUT2D eigenvalue weighted by Crippen LogP contribution is -2.50. The standard InChI is InChI=1S/C12H24N2O3.C2HF3O2/c1-9(2)11-8-17-6-4-3-5-16-7-10(13)12(15)14-11;3-2(4,5)1(6)7/h9-11H,3-8,13H2,1-2H3,(H,14,15);(H,6,7)/t10-,11+;/m1./s1. The molecule has 1 rings (SSSR count). The van der Waals surface area contributed by atoms with Crippen LogP contribution in [0, 0.1) is 5.92 Å². The summed E-state index contributed by atoms with van der Waals surface area (Å²) >= 11 is 0. The molecule has 1 aliphatic rings. The molecule has 1 amide bonds. The molecule has 0 bridgehead atoms. The topological polar surface area (TPSA) is 111 Å². The van der Waals surface area contributed by atoms with E-state index < -0.39 is 18.2 Å². The first-order valence-electron chi connectivity index (χ1n) is 7.57. The van der Waals surface area contributed by atoms with E-state index in [0.29, 0.717) is 25.7 Å². The number of aliphatic carboxylic acids is 1. The first-order chi connectivity index (χ1) is 11.1. The minimum atomic E-state index is -5.08. The van der Waals surface area contributed by atoms with Crippen molar-refractivity contribution in [2.45, 2.75) is 44.9 Å². The van der Waals surface area contributed by atoms with Gasteiger partial charge in [-0.05, 0) is 18.8 Å². The summed E-state index contributed by atoms with van der Waals surface area (Å²) in [5, 5.41) is 10.0. The molecule has 1 saturated heterocycles. The number of rotatable bonds is 1. The van der Waals surface area contributed by atoms with Crippen LogP contribution in [0.2, 0.25) is 0 Å². The maximum atomic E-state index is 11.8. The van der Waals surface area contributed by atoms with Gasteiger partial charge in [0.05, 0.1) is 19.3 Å². The van der Waals surface area contributed by atoms with Gasteiger partial charge in [-0.2, -0.15) is 13.2 Å². The number of alkyl halides is 3. The average Bonchev–Trinajstić information content (AvgIpc) is 2.46. The van der Waals surface area contributed by atoms with Crippen LogP contribution in [0.4, 0.5) is 13.2 Å². The predicted molar refractivity (Wildman–Crippen MR) is 79.3 cm³/mol. The number of hydrogen-bond donors (Lipinski definition) is 3. The number of nitrogens with one attached hydrogen (secondary N) is 1. The highest BCUT2D eigenvalue weighted by molar-refractivity contribution is 5.81. The van der Waals surface area contributed by atoms with E-state index in [0.717, 1.165) is 12.8 Å². The van der Waals surface area contributed by atoms with Gasteiger partial charge in [0.15, 0.2) is 0 Å². The van der Waals surface area contributed by atoms with Crippen molar-refractivity contribution in [1.29, 1.82) is 0 Å². The maximum Gasteiger partial charge on any atom is 0.490 e. The summed E-state index contributed by atoms with van der Waals surface area (Å²) < 4.78 is 42.6. The molecular weight excluding hydrogens is 333 g/mol. The molecule has 0 unspecified atom stereocenters. The summed E-state index contributed by atoms with van der Waals surface area (Å²) in [6.07, 6.45) is -3.16. The summed E-state index contributed by atoms with van der Waals surface area (Å²) in [6, 6.07) is -0.566. The van der Waals surface area contributed by atoms with E-state index in [1.807, 2.05) is 0 Å². The largest absolute Gasteiger partial charge is 0.490 e. The van der Waals surface area contributed by atoms with Gasteiger partial charge in [-0.1, -0.05) is 13.8 Å². The van der Waals surface area contributed by atoms with Crippen LogP contribution in [0.25, 0.3) is 0 Å². The fourth-order valence-electron chi connectivity index (χ4n) is 1.60. The summed E-state index contributed by atoms with van der Waals surface area (Å²) in [7, 11) is 0. The van der Waals surface area contributed by atoms with Gasteiger partial charge in [-0.25, -0.2) is 4.79 Å². The number of carboxylic acids is 1. The lowest BCUT2D eigenvalue weighted by molar-refractivity contribution is -0.192. The Morgan fingerprint density at radius 1 is 1.25 bits per heavy atom. The Kier molecular flexibility index (Phi) is 10.6. The van der Waals surface area contributed by atoms with Crippen molar-refractivity contribution in [2.75, 3.05) is 26.4 Å². The molecule has 1 aliphatic heterocycles. The van der Waals surface area contributed by atoms with Crippen LogP contribution in [0.15, 0.2) is 0 Å². The molecule has 0 aromatic rings. The van der Waals surface area contributed by atoms with Gasteiger partial charge >= 0.3 is 12.1 Å². The second-order valence-electron chi connectivity index (χ2n) is 5.63. The van der Waals surface area contributed by atoms with Crippen molar-refractivity contribution >= 4 is 11.9 Å². The monoisotopic (exact) mass is 358 g/mol. The number of halogens is 3. The van der Waals surface area contributed by atoms with Crippen LogP contribution >= 0.6 is 0 Å². The molecule has 142 valence electrons. The van der Waals surface area contributed by atoms with Crippen molar-refractivity contribution in [3.05, 3.63) is 0 Å². The number of ether oxygens (including phenoxy) is 2. The Hall–Kier alpha value is -1.39. The molecule has 2 atom stereocenters. The normalized spacial score (nSPS) is 24.0. The van der Waals surface area contributed by atoms with Crippen LogP contribution in [-0.2, 0) is 19.1 Å². The second kappa shape index (κ2) is 11.2. The maximum absolute atomic E-state index is 11.8. The third-order valence-electron chi connectivity index (χ3n) is 3.13. The Bertz CT molecular complexity index is 391. The van der Waals surface area contributed by atoms with Gasteiger partial charge in [0.1, 0.15) is 6.04 Å². The number of nitrogens with two attached hydrogens (primary N) is 1. The zero-order chi connectivity index (χ0) is 18.8. The summed E-state index contributed by atoms with van der Waals surface area (Å²) in [6.45, 7) is 6.31. The Balaban J connectivity index is 0.000000640. The quantitative estimate of drug-likeness (QED) is 0.643. The Labute approximate surface area is 138 Å². The number of hydrogen-bond acceptors (Lipinski definition) is 5. The molecule has 24 heavy (non-hydrogen) atoms. The summed E-state index contributed by atoms with van der Waals surface area (Å²) in [4.78, 5) is 20.7. The van der Waals surface area contributed by atoms with Crippen molar-refractivity contribution in [2.24, 2.45) is 11.7 Å². The van der Waals surface area contributed by atoms with E-state index in [1.165, 1.54) is 0 Å². The molecule has 0 aromatic carbocycles. The lowest BCUT2D eigenvalue weighted by Gasteiger charge is -2.24. The van der Waals surface area contributed by atoms with Gasteiger partial charge in [-0.15, -0.1) is 0 Å². The number of carbonyl (C=O) groups excluding carboxylic acids is 1. The molecule has 1 heterocycles. The number of carboxylic acid groups (broad SMARTS) is 1. The van der Waals surface area contributed by atoms with Crippen LogP contribution in [0.5, 0.6) is 0 Å². The molecule has 10 heteroatoms. The van der Waals surface area contributed by atoms with E-state index in [4.69, 9.17) is 25.1 Å². The van der Waals surface area contributed by atoms with E-state index in [-0.39, 0.29) is 18.6 Å². The lowest BCUT2D eigenvalue weighted by atomic mass is 10.0. The van der Waals surface area contributed by atoms with Gasteiger partial charge < -0.3 is 25.6 Å². The minimum Gasteiger partial charge on any atom is -0.475 e. The Morgan fingerprint density at radius 2 is 1.71 bits per heavy atom. The molecular formula is C14H25F3N2O5. The van der Waals surface area contributed by atoms with Gasteiger partial charge in [0.2, 0.25) is 5.91 Å². The molecule has 0 aromatic heterocycles. The van der Waals surface area contributed by atoms with Gasteiger partial charge in [-0.3, -0.25) is 4.79 Å². The summed E-state index contributed by atoms with van der Waals surface area (Å²) in [5.41, 5.74) is 5.74. The zero-order valence-electron chi connectivity index (χ0n) is 13.8. The zero-order valence-corrected chi connectivity index (χ0v) is 13.8. The van der Waals surface area contributed by atoms with Crippen molar-refractivity contribution in [3.63, 3.8) is 0 Å². The highest BCUT2D eigenvalue weighted by atomic mass is 19.4. The van der Waals surface area contributed by atoms with E-state index in [9.17, 15) is 18.0 Å². The third kappa shape index (κ3) is 10.4. The van der Waals surface area contributed by atoms with Crippen LogP contribution in [0.1, 0.15) is 26.7 Å². The van der Waals surface area contributed by atoms with Crippen LogP contribution in [-0.4, -0.2) is 61.7 Å². The average molecular weight is 358 g/mol. The molecule has 1 fully saturated rings. The first kappa shape index (κ1) is 22.6. The second-order valence-corrected chi connectivity index (χ2v) is 5.63. The molecule has 0 aliphatic carbocycles. The highest BCUT2D eigenvalue weighted by Crippen LogP contribution is 2.13. The van der Waals surface area contributed by atoms with Crippen molar-refractivity contribution < 1.29 is 37.3 Å². The molecule has 7 nitrogen and oxygen atoms in total. The van der Waals surface area contributed by atoms with E-state index in [2.05, 4.69) is 19.2 Å². The van der Waals surface area contributed by atoms with Crippen LogP contribution in [0.3, 0.4) is 0 Å². The predicted octanol–water partition coefficient (Wildman–Crippen LogP) is 0.915. The third-order valence-corrected chi connectivity index (χ3v) is 3.13. The number of carbonyl (C=O) groups is 2. The van der Waals surface area contributed by atoms with Crippen molar-refractivity contribution in [3.8, 4) is 0 Å². The van der Waals surface area contributed by atoms with Gasteiger partial charge in [0.25, 0.3) is 0 Å². The smallest absolute Gasteiger partial charge is 0.475 e. The van der Waals surface area contributed by atoms with Crippen LogP contribution < -0.4 is 11.1 Å². The summed E-state index contributed by atoms with van der Waals surface area (Å²) in [5.74, 6) is -2.59. The van der Waals surface area contributed by atoms with Crippen molar-refractivity contribution in [1.82, 2.24) is 5.32 Å². The first-order valence-corrected chi connectivity index (χ1v) is 7.57. The minimum absolute atomic E-state index is 0.0213. The fourth-order valence-corrected chi connectivity index (χ4v) is 1.60. The fraction of sp³-hybridized carbons (Fsp3) is 0.857.